The van der Waals surface area contributed by atoms with Gasteiger partial charge in [0.2, 0.25) is 0 Å². The van der Waals surface area contributed by atoms with Gasteiger partial charge in [0, 0.05) is 42.5 Å². The molecule has 3 heterocycles. The van der Waals surface area contributed by atoms with Crippen molar-refractivity contribution in [3.05, 3.63) is 36.2 Å². The van der Waals surface area contributed by atoms with Gasteiger partial charge in [0.05, 0.1) is 0 Å². The molecule has 0 aromatic carbocycles. The molecule has 1 unspecified atom stereocenters. The number of H-pyrrole nitrogens is 1. The number of nitrogens with two attached hydrogens (primary N) is 1. The zero-order valence-corrected chi connectivity index (χ0v) is 13.7. The highest BCUT2D eigenvalue weighted by atomic mass is 16.6. The van der Waals surface area contributed by atoms with Crippen molar-refractivity contribution in [3.63, 3.8) is 0 Å². The van der Waals surface area contributed by atoms with Crippen LogP contribution >= 0.6 is 0 Å². The number of rotatable bonds is 1. The molecule has 0 saturated heterocycles. The first-order valence-corrected chi connectivity index (χ1v) is 7.70. The first-order valence-electron chi connectivity index (χ1n) is 7.70. The first kappa shape index (κ1) is 15.6. The van der Waals surface area contributed by atoms with Crippen LogP contribution in [0.25, 0.3) is 16.6 Å². The van der Waals surface area contributed by atoms with Gasteiger partial charge in [0.1, 0.15) is 11.2 Å². The number of ether oxygens (including phenoxy) is 1. The van der Waals surface area contributed by atoms with Crippen molar-refractivity contribution in [3.8, 4) is 0 Å². The molecular weight excluding hydrogens is 292 g/mol. The van der Waals surface area contributed by atoms with Crippen LogP contribution in [0.5, 0.6) is 0 Å². The molecule has 6 nitrogen and oxygen atoms in total. The third-order valence-electron chi connectivity index (χ3n) is 3.66. The number of hydrogen-bond donors (Lipinski definition) is 2. The van der Waals surface area contributed by atoms with Gasteiger partial charge >= 0.3 is 6.09 Å². The zero-order chi connectivity index (χ0) is 16.6. The summed E-state index contributed by atoms with van der Waals surface area (Å²) in [4.78, 5) is 21.4. The maximum absolute atomic E-state index is 12.3. The van der Waals surface area contributed by atoms with E-state index in [-0.39, 0.29) is 12.1 Å². The Bertz CT molecular complexity index is 757. The predicted octanol–water partition coefficient (Wildman–Crippen LogP) is 2.52. The van der Waals surface area contributed by atoms with E-state index in [0.717, 1.165) is 22.2 Å². The van der Waals surface area contributed by atoms with E-state index in [9.17, 15) is 4.79 Å². The number of amides is 1. The van der Waals surface area contributed by atoms with Crippen molar-refractivity contribution < 1.29 is 9.53 Å². The van der Waals surface area contributed by atoms with Crippen molar-refractivity contribution >= 4 is 22.7 Å². The smallest absolute Gasteiger partial charge is 0.410 e. The number of pyridine rings is 1. The highest BCUT2D eigenvalue weighted by Crippen LogP contribution is 2.27. The van der Waals surface area contributed by atoms with Crippen molar-refractivity contribution in [2.45, 2.75) is 32.4 Å². The third-order valence-corrected chi connectivity index (χ3v) is 3.66. The van der Waals surface area contributed by atoms with E-state index in [2.05, 4.69) is 9.97 Å². The van der Waals surface area contributed by atoms with Crippen LogP contribution in [0.4, 0.5) is 4.79 Å². The van der Waals surface area contributed by atoms with Crippen LogP contribution in [0.3, 0.4) is 0 Å². The Labute approximate surface area is 135 Å². The molecule has 2 aromatic heterocycles. The molecule has 0 saturated carbocycles. The highest BCUT2D eigenvalue weighted by Gasteiger charge is 2.28. The summed E-state index contributed by atoms with van der Waals surface area (Å²) in [7, 11) is 0. The minimum absolute atomic E-state index is 0.215. The lowest BCUT2D eigenvalue weighted by Crippen LogP contribution is -2.46. The number of fused-ring (bicyclic) bond motifs is 1. The van der Waals surface area contributed by atoms with Crippen LogP contribution in [0, 0.1) is 0 Å². The second-order valence-corrected chi connectivity index (χ2v) is 6.82. The lowest BCUT2D eigenvalue weighted by atomic mass is 9.99. The van der Waals surface area contributed by atoms with Crippen molar-refractivity contribution in [1.82, 2.24) is 14.9 Å². The Morgan fingerprint density at radius 2 is 2.26 bits per heavy atom. The SMILES string of the molecule is CC(C)(C)OC(=O)N1CC(c2c[nH]c3ncccc23)=CC(N)C1. The van der Waals surface area contributed by atoms with Crippen molar-refractivity contribution in [2.75, 3.05) is 13.1 Å². The number of nitrogens with one attached hydrogen (secondary N) is 1. The van der Waals surface area contributed by atoms with Gasteiger partial charge in [0.15, 0.2) is 0 Å². The number of carbonyl (C=O) groups excluding carboxylic acids is 1. The summed E-state index contributed by atoms with van der Waals surface area (Å²) < 4.78 is 5.46. The van der Waals surface area contributed by atoms with Crippen LogP contribution in [0.15, 0.2) is 30.6 Å². The van der Waals surface area contributed by atoms with Crippen LogP contribution in [-0.2, 0) is 4.74 Å². The Kier molecular flexibility index (Phi) is 3.85. The van der Waals surface area contributed by atoms with Crippen LogP contribution < -0.4 is 5.73 Å². The molecule has 23 heavy (non-hydrogen) atoms. The summed E-state index contributed by atoms with van der Waals surface area (Å²) in [6.07, 6.45) is 5.33. The van der Waals surface area contributed by atoms with E-state index in [1.54, 1.807) is 11.1 Å². The lowest BCUT2D eigenvalue weighted by Gasteiger charge is -2.32. The molecular formula is C17H22N4O2. The van der Waals surface area contributed by atoms with E-state index >= 15 is 0 Å². The Balaban J connectivity index is 1.87. The van der Waals surface area contributed by atoms with E-state index in [1.165, 1.54) is 0 Å². The van der Waals surface area contributed by atoms with Crippen LogP contribution in [0.2, 0.25) is 0 Å². The maximum Gasteiger partial charge on any atom is 0.410 e. The first-order chi connectivity index (χ1) is 10.8. The van der Waals surface area contributed by atoms with Gasteiger partial charge in [0.25, 0.3) is 0 Å². The lowest BCUT2D eigenvalue weighted by molar-refractivity contribution is 0.0265. The second kappa shape index (κ2) is 5.70. The van der Waals surface area contributed by atoms with Crippen LogP contribution in [-0.4, -0.2) is 45.7 Å². The number of aromatic amines is 1. The topological polar surface area (TPSA) is 84.2 Å². The van der Waals surface area contributed by atoms with Gasteiger partial charge in [-0.2, -0.15) is 0 Å². The summed E-state index contributed by atoms with van der Waals surface area (Å²) in [5.74, 6) is 0. The minimum Gasteiger partial charge on any atom is -0.444 e. The molecule has 1 atom stereocenters. The molecule has 0 bridgehead atoms. The number of nitrogens with zero attached hydrogens (tertiary/aromatic N) is 2. The Morgan fingerprint density at radius 1 is 1.48 bits per heavy atom. The van der Waals surface area contributed by atoms with Crippen molar-refractivity contribution in [2.24, 2.45) is 5.73 Å². The largest absolute Gasteiger partial charge is 0.444 e. The Morgan fingerprint density at radius 3 is 3.00 bits per heavy atom. The summed E-state index contributed by atoms with van der Waals surface area (Å²) in [5.41, 5.74) is 8.45. The van der Waals surface area contributed by atoms with E-state index < -0.39 is 5.60 Å². The average Bonchev–Trinajstić information content (AvgIpc) is 2.88. The maximum atomic E-state index is 12.3. The standard InChI is InChI=1S/C17H22N4O2/c1-17(2,3)23-16(22)21-9-11(7-12(18)10-21)14-8-20-15-13(14)5-4-6-19-15/h4-8,12H,9-10,18H2,1-3H3,(H,19,20). The normalized spacial score (nSPS) is 18.9. The molecule has 1 amide bonds. The van der Waals surface area contributed by atoms with Gasteiger partial charge in [-0.25, -0.2) is 9.78 Å². The highest BCUT2D eigenvalue weighted by molar-refractivity contribution is 5.92. The van der Waals surface area contributed by atoms with Gasteiger partial charge in [-0.15, -0.1) is 0 Å². The Hall–Kier alpha value is -2.34. The summed E-state index contributed by atoms with van der Waals surface area (Å²) in [6, 6.07) is 3.69. The summed E-state index contributed by atoms with van der Waals surface area (Å²) >= 11 is 0. The molecule has 0 fully saturated rings. The van der Waals surface area contributed by atoms with Gasteiger partial charge in [-0.1, -0.05) is 6.08 Å². The second-order valence-electron chi connectivity index (χ2n) is 6.82. The van der Waals surface area contributed by atoms with Crippen molar-refractivity contribution in [1.29, 1.82) is 0 Å². The molecule has 0 aliphatic carbocycles. The van der Waals surface area contributed by atoms with Gasteiger partial charge in [-0.05, 0) is 38.5 Å². The molecule has 1 aliphatic heterocycles. The number of hydrogen-bond acceptors (Lipinski definition) is 4. The summed E-state index contributed by atoms with van der Waals surface area (Å²) in [5, 5.41) is 1.02. The molecule has 0 radical (unpaired) electrons. The fraction of sp³-hybridized carbons (Fsp3) is 0.412. The molecule has 6 heteroatoms. The van der Waals surface area contributed by atoms with E-state index in [4.69, 9.17) is 10.5 Å². The van der Waals surface area contributed by atoms with Gasteiger partial charge < -0.3 is 20.4 Å². The summed E-state index contributed by atoms with van der Waals surface area (Å²) in [6.45, 7) is 6.51. The molecule has 122 valence electrons. The monoisotopic (exact) mass is 314 g/mol. The minimum atomic E-state index is -0.521. The molecule has 0 spiro atoms. The van der Waals surface area contributed by atoms with E-state index in [0.29, 0.717) is 13.1 Å². The fourth-order valence-corrected chi connectivity index (χ4v) is 2.75. The quantitative estimate of drug-likeness (QED) is 0.847. The average molecular weight is 314 g/mol. The van der Waals surface area contributed by atoms with Crippen LogP contribution in [0.1, 0.15) is 26.3 Å². The molecule has 2 aromatic rings. The third kappa shape index (κ3) is 3.37. The predicted molar refractivity (Wildman–Crippen MR) is 89.9 cm³/mol. The number of aromatic nitrogens is 2. The molecule has 3 N–H and O–H groups in total. The molecule has 3 rings (SSSR count). The zero-order valence-electron chi connectivity index (χ0n) is 13.7. The molecule has 1 aliphatic rings. The fourth-order valence-electron chi connectivity index (χ4n) is 2.75. The number of carbonyl (C=O) groups is 1. The van der Waals surface area contributed by atoms with Gasteiger partial charge in [-0.3, -0.25) is 0 Å². The van der Waals surface area contributed by atoms with E-state index in [1.807, 2.05) is 45.2 Å².